The van der Waals surface area contributed by atoms with Gasteiger partial charge in [0.05, 0.1) is 12.1 Å². The van der Waals surface area contributed by atoms with Gasteiger partial charge in [-0.2, -0.15) is 0 Å². The second-order valence-electron chi connectivity index (χ2n) is 5.82. The van der Waals surface area contributed by atoms with Gasteiger partial charge in [-0.05, 0) is 18.2 Å². The van der Waals surface area contributed by atoms with E-state index in [-0.39, 0.29) is 11.5 Å². The van der Waals surface area contributed by atoms with Crippen molar-refractivity contribution in [2.45, 2.75) is 6.10 Å². The number of nitrogen functional groups attached to an aromatic ring is 1. The van der Waals surface area contributed by atoms with Gasteiger partial charge in [0.2, 0.25) is 6.10 Å². The first-order valence-electron chi connectivity index (χ1n) is 8.46. The van der Waals surface area contributed by atoms with Gasteiger partial charge in [0.25, 0.3) is 5.91 Å². The molecule has 3 rings (SSSR count). The Bertz CT molecular complexity index is 1030. The van der Waals surface area contributed by atoms with Crippen molar-refractivity contribution in [1.82, 2.24) is 9.97 Å². The van der Waals surface area contributed by atoms with E-state index >= 15 is 0 Å². The number of esters is 1. The van der Waals surface area contributed by atoms with Crippen LogP contribution in [0, 0.1) is 0 Å². The van der Waals surface area contributed by atoms with Crippen molar-refractivity contribution < 1.29 is 19.1 Å². The van der Waals surface area contributed by atoms with Gasteiger partial charge < -0.3 is 20.5 Å². The van der Waals surface area contributed by atoms with Crippen LogP contribution in [-0.2, 0) is 9.53 Å². The number of carbonyl (C=O) groups excluding carboxylic acids is 2. The van der Waals surface area contributed by atoms with E-state index in [1.165, 1.54) is 25.6 Å². The van der Waals surface area contributed by atoms with Gasteiger partial charge in [0.1, 0.15) is 5.75 Å². The molecule has 3 aromatic rings. The standard InChI is InChI=1S/C20H17ClN4O4/c1-28-15-8-7-13(11-14(15)21)25-19(26)17(12-5-3-2-4-6-12)29-20(27)16-18(22)24-10-9-23-16/h2-11,17H,1H3,(H2,22,24)(H,25,26)/t17-/m0/s1. The lowest BCUT2D eigenvalue weighted by atomic mass is 10.1. The van der Waals surface area contributed by atoms with Crippen molar-refractivity contribution >= 4 is 35.0 Å². The zero-order valence-corrected chi connectivity index (χ0v) is 16.1. The number of nitrogens with one attached hydrogen (secondary N) is 1. The molecule has 0 bridgehead atoms. The highest BCUT2D eigenvalue weighted by atomic mass is 35.5. The second kappa shape index (κ2) is 9.03. The number of amides is 1. The Morgan fingerprint density at radius 1 is 1.10 bits per heavy atom. The van der Waals surface area contributed by atoms with Gasteiger partial charge >= 0.3 is 5.97 Å². The summed E-state index contributed by atoms with van der Waals surface area (Å²) >= 11 is 6.10. The minimum absolute atomic E-state index is 0.0911. The Kier molecular flexibility index (Phi) is 6.25. The molecule has 8 nitrogen and oxygen atoms in total. The largest absolute Gasteiger partial charge is 0.495 e. The molecule has 9 heteroatoms. The lowest BCUT2D eigenvalue weighted by Crippen LogP contribution is -2.26. The van der Waals surface area contributed by atoms with E-state index in [9.17, 15) is 9.59 Å². The van der Waals surface area contributed by atoms with Gasteiger partial charge in [-0.25, -0.2) is 14.8 Å². The number of carbonyl (C=O) groups is 2. The third kappa shape index (κ3) is 4.80. The van der Waals surface area contributed by atoms with E-state index in [0.29, 0.717) is 22.0 Å². The number of hydrogen-bond acceptors (Lipinski definition) is 7. The van der Waals surface area contributed by atoms with E-state index in [4.69, 9.17) is 26.8 Å². The number of benzene rings is 2. The van der Waals surface area contributed by atoms with Crippen molar-refractivity contribution in [2.75, 3.05) is 18.2 Å². The van der Waals surface area contributed by atoms with Crippen LogP contribution in [0.2, 0.25) is 5.02 Å². The number of anilines is 2. The Morgan fingerprint density at radius 3 is 2.48 bits per heavy atom. The summed E-state index contributed by atoms with van der Waals surface area (Å²) in [6.07, 6.45) is 1.41. The van der Waals surface area contributed by atoms with Crippen molar-refractivity contribution in [1.29, 1.82) is 0 Å². The van der Waals surface area contributed by atoms with Gasteiger partial charge in [0, 0.05) is 23.6 Å². The monoisotopic (exact) mass is 412 g/mol. The van der Waals surface area contributed by atoms with E-state index in [1.807, 2.05) is 0 Å². The number of nitrogens with zero attached hydrogens (tertiary/aromatic N) is 2. The average molecular weight is 413 g/mol. The summed E-state index contributed by atoms with van der Waals surface area (Å²) in [4.78, 5) is 33.1. The van der Waals surface area contributed by atoms with Gasteiger partial charge in [-0.15, -0.1) is 0 Å². The molecule has 1 aromatic heterocycles. The summed E-state index contributed by atoms with van der Waals surface area (Å²) < 4.78 is 10.5. The number of nitrogens with two attached hydrogens (primary N) is 1. The molecule has 0 aliphatic carbocycles. The maximum atomic E-state index is 12.9. The lowest BCUT2D eigenvalue weighted by Gasteiger charge is -2.18. The molecule has 0 aliphatic heterocycles. The fourth-order valence-corrected chi connectivity index (χ4v) is 2.78. The van der Waals surface area contributed by atoms with E-state index in [2.05, 4.69) is 15.3 Å². The molecule has 0 radical (unpaired) electrons. The van der Waals surface area contributed by atoms with Crippen molar-refractivity contribution in [3.63, 3.8) is 0 Å². The molecule has 1 heterocycles. The van der Waals surface area contributed by atoms with Crippen LogP contribution in [0.5, 0.6) is 5.75 Å². The number of methoxy groups -OCH3 is 1. The summed E-state index contributed by atoms with van der Waals surface area (Å²) in [5, 5.41) is 3.01. The highest BCUT2D eigenvalue weighted by Gasteiger charge is 2.27. The molecule has 0 saturated carbocycles. The highest BCUT2D eigenvalue weighted by Crippen LogP contribution is 2.28. The molecule has 0 saturated heterocycles. The number of hydrogen-bond donors (Lipinski definition) is 2. The first-order chi connectivity index (χ1) is 14.0. The van der Waals surface area contributed by atoms with Crippen LogP contribution >= 0.6 is 11.6 Å². The average Bonchev–Trinajstić information content (AvgIpc) is 2.73. The lowest BCUT2D eigenvalue weighted by molar-refractivity contribution is -0.125. The maximum absolute atomic E-state index is 12.9. The number of aromatic nitrogens is 2. The molecule has 0 unspecified atom stereocenters. The van der Waals surface area contributed by atoms with Crippen LogP contribution in [0.25, 0.3) is 0 Å². The Morgan fingerprint density at radius 2 is 1.83 bits per heavy atom. The fraction of sp³-hybridized carbons (Fsp3) is 0.100. The predicted octanol–water partition coefficient (Wildman–Crippen LogP) is 3.26. The summed E-state index contributed by atoms with van der Waals surface area (Å²) in [6, 6.07) is 13.3. The molecule has 3 N–H and O–H groups in total. The van der Waals surface area contributed by atoms with Crippen LogP contribution < -0.4 is 15.8 Å². The fourth-order valence-electron chi connectivity index (χ4n) is 2.52. The van der Waals surface area contributed by atoms with Crippen molar-refractivity contribution in [3.05, 3.63) is 77.2 Å². The maximum Gasteiger partial charge on any atom is 0.361 e. The summed E-state index contributed by atoms with van der Waals surface area (Å²) in [6.45, 7) is 0. The number of ether oxygens (including phenoxy) is 2. The van der Waals surface area contributed by atoms with Crippen LogP contribution in [0.4, 0.5) is 11.5 Å². The van der Waals surface area contributed by atoms with E-state index in [1.54, 1.807) is 42.5 Å². The van der Waals surface area contributed by atoms with Crippen LogP contribution in [0.15, 0.2) is 60.9 Å². The first-order valence-corrected chi connectivity index (χ1v) is 8.84. The molecule has 1 atom stereocenters. The second-order valence-corrected chi connectivity index (χ2v) is 6.23. The predicted molar refractivity (Wildman–Crippen MR) is 108 cm³/mol. The minimum Gasteiger partial charge on any atom is -0.495 e. The van der Waals surface area contributed by atoms with E-state index in [0.717, 1.165) is 0 Å². The van der Waals surface area contributed by atoms with Crippen molar-refractivity contribution in [2.24, 2.45) is 0 Å². The molecule has 1 amide bonds. The Balaban J connectivity index is 1.86. The highest BCUT2D eigenvalue weighted by molar-refractivity contribution is 6.32. The normalized spacial score (nSPS) is 11.4. The van der Waals surface area contributed by atoms with E-state index < -0.39 is 18.0 Å². The third-order valence-electron chi connectivity index (χ3n) is 3.90. The zero-order valence-electron chi connectivity index (χ0n) is 15.3. The van der Waals surface area contributed by atoms with Crippen molar-refractivity contribution in [3.8, 4) is 5.75 Å². The smallest absolute Gasteiger partial charge is 0.361 e. The molecule has 148 valence electrons. The minimum atomic E-state index is -1.24. The van der Waals surface area contributed by atoms with Gasteiger partial charge in [0.15, 0.2) is 11.5 Å². The van der Waals surface area contributed by atoms with Gasteiger partial charge in [-0.1, -0.05) is 41.9 Å². The molecular weight excluding hydrogens is 396 g/mol. The zero-order chi connectivity index (χ0) is 20.8. The summed E-state index contributed by atoms with van der Waals surface area (Å²) in [5.41, 5.74) is 6.39. The first kappa shape index (κ1) is 20.1. The summed E-state index contributed by atoms with van der Waals surface area (Å²) in [5.74, 6) is -1.07. The number of rotatable bonds is 6. The molecule has 2 aromatic carbocycles. The quantitative estimate of drug-likeness (QED) is 0.597. The third-order valence-corrected chi connectivity index (χ3v) is 4.20. The SMILES string of the molecule is COc1ccc(NC(=O)[C@@H](OC(=O)c2nccnc2N)c2ccccc2)cc1Cl. The van der Waals surface area contributed by atoms with Crippen LogP contribution in [0.1, 0.15) is 22.2 Å². The molecule has 0 fully saturated rings. The Hall–Kier alpha value is -3.65. The molecule has 0 aliphatic rings. The topological polar surface area (TPSA) is 116 Å². The molecule has 0 spiro atoms. The summed E-state index contributed by atoms with van der Waals surface area (Å²) in [7, 11) is 1.49. The van der Waals surface area contributed by atoms with Crippen LogP contribution in [-0.4, -0.2) is 29.0 Å². The molecule has 29 heavy (non-hydrogen) atoms. The van der Waals surface area contributed by atoms with Crippen LogP contribution in [0.3, 0.4) is 0 Å². The number of halogens is 1. The van der Waals surface area contributed by atoms with Gasteiger partial charge in [-0.3, -0.25) is 4.79 Å². The Labute approximate surface area is 171 Å². The molecular formula is C20H17ClN4O4.